The highest BCUT2D eigenvalue weighted by molar-refractivity contribution is 7.89. The monoisotopic (exact) mass is 503 g/mol. The lowest BCUT2D eigenvalue weighted by Crippen LogP contribution is -2.31. The van der Waals surface area contributed by atoms with E-state index < -0.39 is 28.6 Å². The fraction of sp³-hybridized carbons (Fsp3) is 0.208. The number of aromatic hydroxyl groups is 1. The third-order valence-electron chi connectivity index (χ3n) is 5.38. The van der Waals surface area contributed by atoms with E-state index in [1.54, 1.807) is 42.5 Å². The van der Waals surface area contributed by atoms with Gasteiger partial charge in [-0.3, -0.25) is 0 Å². The van der Waals surface area contributed by atoms with Crippen LogP contribution in [0, 0.1) is 0 Å². The maximum Gasteiger partial charge on any atom is 0.341 e. The summed E-state index contributed by atoms with van der Waals surface area (Å²) in [4.78, 5) is 10.7. The first-order valence-electron chi connectivity index (χ1n) is 10.5. The molecule has 3 aromatic rings. The van der Waals surface area contributed by atoms with Crippen LogP contribution in [0.5, 0.6) is 23.0 Å². The van der Waals surface area contributed by atoms with Gasteiger partial charge in [-0.2, -0.15) is 0 Å². The predicted octanol–water partition coefficient (Wildman–Crippen LogP) is 4.66. The van der Waals surface area contributed by atoms with Crippen molar-refractivity contribution in [3.8, 4) is 23.0 Å². The molecule has 34 heavy (non-hydrogen) atoms. The first kappa shape index (κ1) is 23.9. The Balaban J connectivity index is 1.54. The number of phenolic OH excluding ortho intramolecular Hbond substituents is 1. The second-order valence-electron chi connectivity index (χ2n) is 7.76. The number of carboxylic acids is 1. The normalized spacial score (nSPS) is 15.4. The van der Waals surface area contributed by atoms with Crippen molar-refractivity contribution >= 4 is 27.6 Å². The lowest BCUT2D eigenvalue weighted by atomic mass is 9.87. The van der Waals surface area contributed by atoms with Gasteiger partial charge < -0.3 is 19.7 Å². The van der Waals surface area contributed by atoms with E-state index in [0.29, 0.717) is 35.8 Å². The summed E-state index contributed by atoms with van der Waals surface area (Å²) in [6.07, 6.45) is 1.92. The maximum atomic E-state index is 13.1. The summed E-state index contributed by atoms with van der Waals surface area (Å²) in [5, 5.41) is 19.7. The Kier molecular flexibility index (Phi) is 6.97. The topological polar surface area (TPSA) is 122 Å². The van der Waals surface area contributed by atoms with Gasteiger partial charge in [-0.1, -0.05) is 29.8 Å². The van der Waals surface area contributed by atoms with E-state index in [2.05, 4.69) is 4.72 Å². The molecule has 0 aliphatic heterocycles. The van der Waals surface area contributed by atoms with Crippen molar-refractivity contribution in [2.45, 2.75) is 30.2 Å². The van der Waals surface area contributed by atoms with Crippen LogP contribution >= 0.6 is 11.6 Å². The Labute approximate surface area is 201 Å². The van der Waals surface area contributed by atoms with Crippen molar-refractivity contribution in [3.63, 3.8) is 0 Å². The zero-order chi connectivity index (χ0) is 24.3. The minimum Gasteiger partial charge on any atom is -0.504 e. The number of benzene rings is 3. The molecule has 0 aromatic heterocycles. The van der Waals surface area contributed by atoms with E-state index in [9.17, 15) is 18.3 Å². The quantitative estimate of drug-likeness (QED) is 0.408. The summed E-state index contributed by atoms with van der Waals surface area (Å²) < 4.78 is 39.9. The zero-order valence-corrected chi connectivity index (χ0v) is 19.5. The van der Waals surface area contributed by atoms with Crippen LogP contribution in [0.1, 0.15) is 30.0 Å². The van der Waals surface area contributed by atoms with Gasteiger partial charge in [0.15, 0.2) is 18.1 Å². The van der Waals surface area contributed by atoms with E-state index >= 15 is 0 Å². The van der Waals surface area contributed by atoms with Gasteiger partial charge in [-0.15, -0.1) is 0 Å². The average Bonchev–Trinajstić information content (AvgIpc) is 2.79. The Hall–Kier alpha value is -3.27. The summed E-state index contributed by atoms with van der Waals surface area (Å²) in [6.45, 7) is -0.476. The summed E-state index contributed by atoms with van der Waals surface area (Å²) >= 11 is 5.94. The Morgan fingerprint density at radius 1 is 1.09 bits per heavy atom. The summed E-state index contributed by atoms with van der Waals surface area (Å²) in [6, 6.07) is 15.1. The Morgan fingerprint density at radius 2 is 1.88 bits per heavy atom. The molecule has 10 heteroatoms. The second-order valence-corrected chi connectivity index (χ2v) is 9.91. The molecule has 0 fully saturated rings. The molecule has 0 bridgehead atoms. The van der Waals surface area contributed by atoms with Crippen LogP contribution in [-0.4, -0.2) is 31.2 Å². The largest absolute Gasteiger partial charge is 0.504 e. The number of hydrogen-bond donors (Lipinski definition) is 3. The maximum absolute atomic E-state index is 13.1. The molecule has 0 saturated heterocycles. The van der Waals surface area contributed by atoms with Crippen LogP contribution in [0.4, 0.5) is 0 Å². The third kappa shape index (κ3) is 5.44. The van der Waals surface area contributed by atoms with Gasteiger partial charge >= 0.3 is 5.97 Å². The van der Waals surface area contributed by atoms with Gasteiger partial charge in [-0.05, 0) is 66.8 Å². The van der Waals surface area contributed by atoms with Gasteiger partial charge in [0.2, 0.25) is 10.0 Å². The molecule has 8 nitrogen and oxygen atoms in total. The SMILES string of the molecule is O=C(O)COc1cccc2c1CCC[C@H]2NS(=O)(=O)c1ccc(Oc2cccc(Cl)c2)c(O)c1. The zero-order valence-electron chi connectivity index (χ0n) is 17.9. The standard InChI is InChI=1S/C24H22ClNO7S/c25-15-4-1-5-16(12-15)33-23-11-10-17(13-21(23)27)34(30,31)26-20-8-2-7-19-18(20)6-3-9-22(19)32-14-24(28)29/h1,3-6,9-13,20,26-27H,2,7-8,14H2,(H,28,29)/t20-/m1/s1. The van der Waals surface area contributed by atoms with Crippen LogP contribution in [0.25, 0.3) is 0 Å². The molecular weight excluding hydrogens is 482 g/mol. The van der Waals surface area contributed by atoms with E-state index in [-0.39, 0.29) is 16.4 Å². The van der Waals surface area contributed by atoms with Crippen LogP contribution < -0.4 is 14.2 Å². The number of hydrogen-bond acceptors (Lipinski definition) is 6. The Morgan fingerprint density at radius 3 is 2.62 bits per heavy atom. The number of nitrogens with one attached hydrogen (secondary N) is 1. The molecule has 1 aliphatic rings. The van der Waals surface area contributed by atoms with Crippen molar-refractivity contribution < 1.29 is 32.9 Å². The van der Waals surface area contributed by atoms with Crippen molar-refractivity contribution in [2.75, 3.05) is 6.61 Å². The molecule has 0 amide bonds. The fourth-order valence-corrected chi connectivity index (χ4v) is 5.33. The third-order valence-corrected chi connectivity index (χ3v) is 7.08. The lowest BCUT2D eigenvalue weighted by molar-refractivity contribution is -0.139. The van der Waals surface area contributed by atoms with Crippen molar-refractivity contribution in [2.24, 2.45) is 0 Å². The smallest absolute Gasteiger partial charge is 0.341 e. The van der Waals surface area contributed by atoms with Crippen molar-refractivity contribution in [1.82, 2.24) is 4.72 Å². The highest BCUT2D eigenvalue weighted by atomic mass is 35.5. The lowest BCUT2D eigenvalue weighted by Gasteiger charge is -2.27. The number of fused-ring (bicyclic) bond motifs is 1. The summed E-state index contributed by atoms with van der Waals surface area (Å²) in [5.41, 5.74) is 1.53. The second kappa shape index (κ2) is 9.92. The molecule has 3 N–H and O–H groups in total. The van der Waals surface area contributed by atoms with Crippen molar-refractivity contribution in [3.05, 3.63) is 76.8 Å². The summed E-state index contributed by atoms with van der Waals surface area (Å²) in [7, 11) is -3.98. The van der Waals surface area contributed by atoms with E-state index in [0.717, 1.165) is 17.2 Å². The molecule has 1 atom stereocenters. The average molecular weight is 504 g/mol. The minimum atomic E-state index is -3.98. The van der Waals surface area contributed by atoms with E-state index in [4.69, 9.17) is 26.2 Å². The number of rotatable bonds is 8. The van der Waals surface area contributed by atoms with Crippen LogP contribution in [0.2, 0.25) is 5.02 Å². The molecule has 0 unspecified atom stereocenters. The molecule has 0 heterocycles. The van der Waals surface area contributed by atoms with Crippen LogP contribution in [0.3, 0.4) is 0 Å². The predicted molar refractivity (Wildman–Crippen MR) is 125 cm³/mol. The molecule has 178 valence electrons. The fourth-order valence-electron chi connectivity index (χ4n) is 3.88. The number of sulfonamides is 1. The molecule has 0 spiro atoms. The van der Waals surface area contributed by atoms with Gasteiger partial charge in [0.05, 0.1) is 4.90 Å². The summed E-state index contributed by atoms with van der Waals surface area (Å²) in [5.74, 6) is -0.505. The minimum absolute atomic E-state index is 0.0875. The van der Waals surface area contributed by atoms with Gasteiger partial charge in [0, 0.05) is 17.1 Å². The number of aliphatic carboxylic acids is 1. The molecule has 1 aliphatic carbocycles. The number of halogens is 1. The van der Waals surface area contributed by atoms with Crippen LogP contribution in [0.15, 0.2) is 65.6 Å². The van der Waals surface area contributed by atoms with E-state index in [1.165, 1.54) is 12.1 Å². The van der Waals surface area contributed by atoms with Gasteiger partial charge in [-0.25, -0.2) is 17.9 Å². The number of carbonyl (C=O) groups is 1. The highest BCUT2D eigenvalue weighted by Crippen LogP contribution is 2.37. The molecule has 0 saturated carbocycles. The van der Waals surface area contributed by atoms with Crippen LogP contribution in [-0.2, 0) is 21.2 Å². The molecular formula is C24H22ClNO7S. The number of carboxylic acid groups (broad SMARTS) is 1. The Bertz CT molecular complexity index is 1330. The molecule has 4 rings (SSSR count). The van der Waals surface area contributed by atoms with Gasteiger partial charge in [0.1, 0.15) is 11.5 Å². The van der Waals surface area contributed by atoms with Gasteiger partial charge in [0.25, 0.3) is 0 Å². The highest BCUT2D eigenvalue weighted by Gasteiger charge is 2.28. The molecule has 0 radical (unpaired) electrons. The molecule has 3 aromatic carbocycles. The number of phenols is 1. The first-order valence-corrected chi connectivity index (χ1v) is 12.3. The van der Waals surface area contributed by atoms with E-state index in [1.807, 2.05) is 0 Å². The number of ether oxygens (including phenoxy) is 2. The first-order chi connectivity index (χ1) is 16.2. The van der Waals surface area contributed by atoms with Crippen molar-refractivity contribution in [1.29, 1.82) is 0 Å².